The van der Waals surface area contributed by atoms with Gasteiger partial charge in [0.1, 0.15) is 0 Å². The van der Waals surface area contributed by atoms with E-state index in [0.29, 0.717) is 9.79 Å². The van der Waals surface area contributed by atoms with Gasteiger partial charge in [0.15, 0.2) is 0 Å². The molecule has 3 nitrogen and oxygen atoms in total. The molecule has 7 aromatic rings. The van der Waals surface area contributed by atoms with Gasteiger partial charge in [-0.1, -0.05) is 115 Å². The molecule has 0 fully saturated rings. The fraction of sp³-hybridized carbons (Fsp3) is 0. The van der Waals surface area contributed by atoms with Crippen LogP contribution < -0.4 is 0 Å². The highest BCUT2D eigenvalue weighted by Gasteiger charge is 2.17. The summed E-state index contributed by atoms with van der Waals surface area (Å²) in [5.41, 5.74) is 7.76. The SMILES string of the molecule is O=S(=O)(c1ccccc1)c1ccc(-c2ccc(C=Cc3ccc(-n4c5ccccc5c5ccccc54)cc3)cc2)cc1. The Labute approximate surface area is 245 Å². The lowest BCUT2D eigenvalue weighted by Crippen LogP contribution is -2.01. The summed E-state index contributed by atoms with van der Waals surface area (Å²) >= 11 is 0. The summed E-state index contributed by atoms with van der Waals surface area (Å²) in [6.07, 6.45) is 4.22. The molecule has 42 heavy (non-hydrogen) atoms. The third kappa shape index (κ3) is 4.72. The highest BCUT2D eigenvalue weighted by atomic mass is 32.2. The molecule has 0 unspecified atom stereocenters. The predicted molar refractivity (Wildman–Crippen MR) is 173 cm³/mol. The van der Waals surface area contributed by atoms with E-state index in [9.17, 15) is 8.42 Å². The van der Waals surface area contributed by atoms with Gasteiger partial charge in [-0.05, 0) is 70.8 Å². The fourth-order valence-electron chi connectivity index (χ4n) is 5.48. The molecule has 202 valence electrons. The number of fused-ring (bicyclic) bond motifs is 3. The smallest absolute Gasteiger partial charge is 0.206 e. The standard InChI is InChI=1S/C38H27NO2S/c40-42(41,33-8-2-1-3-9-33)34-26-22-31(23-27-34)30-20-16-28(17-21-30)14-15-29-18-24-32(25-19-29)39-37-12-6-4-10-35(37)36-11-5-7-13-38(36)39/h1-27H. The van der Waals surface area contributed by atoms with Gasteiger partial charge in [-0.2, -0.15) is 0 Å². The van der Waals surface area contributed by atoms with Crippen molar-refractivity contribution in [1.82, 2.24) is 4.57 Å². The minimum atomic E-state index is -3.52. The van der Waals surface area contributed by atoms with Crippen molar-refractivity contribution in [3.63, 3.8) is 0 Å². The van der Waals surface area contributed by atoms with Gasteiger partial charge in [0, 0.05) is 16.5 Å². The molecule has 6 aromatic carbocycles. The van der Waals surface area contributed by atoms with Crippen molar-refractivity contribution < 1.29 is 8.42 Å². The summed E-state index contributed by atoms with van der Waals surface area (Å²) in [5.74, 6) is 0. The molecule has 0 aliphatic rings. The number of benzene rings is 6. The van der Waals surface area contributed by atoms with Gasteiger partial charge in [-0.15, -0.1) is 0 Å². The average Bonchev–Trinajstić information content (AvgIpc) is 3.39. The number of hydrogen-bond acceptors (Lipinski definition) is 2. The zero-order valence-electron chi connectivity index (χ0n) is 22.8. The number of hydrogen-bond donors (Lipinski definition) is 0. The third-order valence-electron chi connectivity index (χ3n) is 7.66. The van der Waals surface area contributed by atoms with Crippen LogP contribution in [0.25, 0.3) is 50.8 Å². The largest absolute Gasteiger partial charge is 0.309 e. The van der Waals surface area contributed by atoms with Crippen LogP contribution in [0.15, 0.2) is 161 Å². The average molecular weight is 562 g/mol. The highest BCUT2D eigenvalue weighted by Crippen LogP contribution is 2.32. The molecular formula is C38H27NO2S. The summed E-state index contributed by atoms with van der Waals surface area (Å²) < 4.78 is 28.1. The summed E-state index contributed by atoms with van der Waals surface area (Å²) in [7, 11) is -3.52. The van der Waals surface area contributed by atoms with Crippen molar-refractivity contribution >= 4 is 43.8 Å². The van der Waals surface area contributed by atoms with Crippen LogP contribution in [0, 0.1) is 0 Å². The molecule has 0 saturated carbocycles. The van der Waals surface area contributed by atoms with E-state index in [1.165, 1.54) is 21.8 Å². The topological polar surface area (TPSA) is 39.1 Å². The Morgan fingerprint density at radius 2 is 0.857 bits per heavy atom. The molecule has 1 aromatic heterocycles. The Bertz CT molecular complexity index is 2100. The van der Waals surface area contributed by atoms with Crippen LogP contribution in [0.4, 0.5) is 0 Å². The molecule has 0 spiro atoms. The first-order valence-electron chi connectivity index (χ1n) is 13.9. The summed E-state index contributed by atoms with van der Waals surface area (Å²) in [6.45, 7) is 0. The van der Waals surface area contributed by atoms with Crippen LogP contribution in [-0.4, -0.2) is 13.0 Å². The van der Waals surface area contributed by atoms with E-state index in [2.05, 4.69) is 114 Å². The lowest BCUT2D eigenvalue weighted by molar-refractivity contribution is 0.596. The third-order valence-corrected chi connectivity index (χ3v) is 9.45. The van der Waals surface area contributed by atoms with E-state index < -0.39 is 9.84 Å². The van der Waals surface area contributed by atoms with Crippen LogP contribution in [-0.2, 0) is 9.84 Å². The fourth-order valence-corrected chi connectivity index (χ4v) is 6.76. The van der Waals surface area contributed by atoms with Crippen LogP contribution in [0.5, 0.6) is 0 Å². The van der Waals surface area contributed by atoms with Gasteiger partial charge in [-0.3, -0.25) is 0 Å². The second kappa shape index (κ2) is 10.7. The predicted octanol–water partition coefficient (Wildman–Crippen LogP) is 9.45. The van der Waals surface area contributed by atoms with Crippen LogP contribution in [0.2, 0.25) is 0 Å². The Kier molecular flexibility index (Phi) is 6.54. The van der Waals surface area contributed by atoms with Gasteiger partial charge in [0.25, 0.3) is 0 Å². The minimum absolute atomic E-state index is 0.293. The van der Waals surface area contributed by atoms with Crippen LogP contribution >= 0.6 is 0 Å². The Hall–Kier alpha value is -5.19. The maximum Gasteiger partial charge on any atom is 0.206 e. The number of aromatic nitrogens is 1. The lowest BCUT2D eigenvalue weighted by Gasteiger charge is -2.08. The van der Waals surface area contributed by atoms with Crippen molar-refractivity contribution in [2.24, 2.45) is 0 Å². The normalized spacial score (nSPS) is 11.9. The molecule has 1 heterocycles. The molecule has 0 radical (unpaired) electrons. The number of para-hydroxylation sites is 2. The minimum Gasteiger partial charge on any atom is -0.309 e. The molecule has 0 N–H and O–H groups in total. The number of nitrogens with zero attached hydrogens (tertiary/aromatic N) is 1. The zero-order valence-corrected chi connectivity index (χ0v) is 23.6. The monoisotopic (exact) mass is 561 g/mol. The van der Waals surface area contributed by atoms with E-state index in [4.69, 9.17) is 0 Å². The van der Waals surface area contributed by atoms with Crippen molar-refractivity contribution in [1.29, 1.82) is 0 Å². The van der Waals surface area contributed by atoms with E-state index >= 15 is 0 Å². The van der Waals surface area contributed by atoms with Gasteiger partial charge < -0.3 is 4.57 Å². The molecular weight excluding hydrogens is 534 g/mol. The molecule has 0 bridgehead atoms. The first-order valence-corrected chi connectivity index (χ1v) is 15.3. The first-order chi connectivity index (χ1) is 20.6. The molecule has 7 rings (SSSR count). The molecule has 0 aliphatic carbocycles. The quantitative estimate of drug-likeness (QED) is 0.190. The van der Waals surface area contributed by atoms with Gasteiger partial charge in [-0.25, -0.2) is 8.42 Å². The Morgan fingerprint density at radius 1 is 0.429 bits per heavy atom. The van der Waals surface area contributed by atoms with Crippen molar-refractivity contribution in [2.75, 3.05) is 0 Å². The van der Waals surface area contributed by atoms with Gasteiger partial charge in [0.05, 0.1) is 20.8 Å². The lowest BCUT2D eigenvalue weighted by atomic mass is 10.0. The Balaban J connectivity index is 1.08. The second-order valence-corrected chi connectivity index (χ2v) is 12.2. The molecule has 0 saturated heterocycles. The molecule has 0 atom stereocenters. The molecule has 4 heteroatoms. The number of rotatable bonds is 6. The summed E-state index contributed by atoms with van der Waals surface area (Å²) in [4.78, 5) is 0.594. The van der Waals surface area contributed by atoms with E-state index in [1.54, 1.807) is 36.4 Å². The molecule has 0 aliphatic heterocycles. The van der Waals surface area contributed by atoms with Crippen molar-refractivity contribution in [3.8, 4) is 16.8 Å². The van der Waals surface area contributed by atoms with Gasteiger partial charge in [0.2, 0.25) is 9.84 Å². The number of sulfone groups is 1. The highest BCUT2D eigenvalue weighted by molar-refractivity contribution is 7.91. The summed E-state index contributed by atoms with van der Waals surface area (Å²) in [5, 5.41) is 2.52. The second-order valence-electron chi connectivity index (χ2n) is 10.3. The zero-order chi connectivity index (χ0) is 28.5. The van der Waals surface area contributed by atoms with E-state index in [1.807, 2.05) is 18.2 Å². The van der Waals surface area contributed by atoms with Crippen LogP contribution in [0.3, 0.4) is 0 Å². The summed E-state index contributed by atoms with van der Waals surface area (Å²) in [6, 6.07) is 49.6. The maximum atomic E-state index is 12.9. The van der Waals surface area contributed by atoms with Crippen molar-refractivity contribution in [3.05, 3.63) is 163 Å². The van der Waals surface area contributed by atoms with E-state index in [-0.39, 0.29) is 0 Å². The Morgan fingerprint density at radius 3 is 1.40 bits per heavy atom. The van der Waals surface area contributed by atoms with Crippen LogP contribution in [0.1, 0.15) is 11.1 Å². The van der Waals surface area contributed by atoms with Crippen molar-refractivity contribution in [2.45, 2.75) is 9.79 Å². The first kappa shape index (κ1) is 25.8. The maximum absolute atomic E-state index is 12.9. The molecule has 0 amide bonds. The van der Waals surface area contributed by atoms with E-state index in [0.717, 1.165) is 27.9 Å². The van der Waals surface area contributed by atoms with Gasteiger partial charge >= 0.3 is 0 Å².